The van der Waals surface area contributed by atoms with Crippen molar-refractivity contribution in [2.24, 2.45) is 0 Å². The highest BCUT2D eigenvalue weighted by Gasteiger charge is 2.17. The van der Waals surface area contributed by atoms with Crippen molar-refractivity contribution in [3.05, 3.63) is 64.0 Å². The van der Waals surface area contributed by atoms with Crippen LogP contribution < -0.4 is 10.6 Å². The Labute approximate surface area is 149 Å². The van der Waals surface area contributed by atoms with E-state index in [9.17, 15) is 4.79 Å². The van der Waals surface area contributed by atoms with Crippen molar-refractivity contribution in [2.45, 2.75) is 34.1 Å². The maximum atomic E-state index is 12.7. The number of carbonyl (C=O) groups is 1. The average molecular weight is 337 g/mol. The molecule has 132 valence electrons. The van der Waals surface area contributed by atoms with E-state index in [4.69, 9.17) is 0 Å². The van der Waals surface area contributed by atoms with Crippen LogP contribution in [0.1, 0.15) is 39.3 Å². The summed E-state index contributed by atoms with van der Waals surface area (Å²) in [5, 5.41) is 6.36. The number of nitrogens with zero attached hydrogens (tertiary/aromatic N) is 1. The van der Waals surface area contributed by atoms with Crippen LogP contribution in [0.25, 0.3) is 5.69 Å². The van der Waals surface area contributed by atoms with Crippen molar-refractivity contribution in [2.75, 3.05) is 19.6 Å². The van der Waals surface area contributed by atoms with Gasteiger partial charge in [0.25, 0.3) is 5.91 Å². The lowest BCUT2D eigenvalue weighted by molar-refractivity contribution is 0.0956. The van der Waals surface area contributed by atoms with E-state index < -0.39 is 0 Å². The van der Waals surface area contributed by atoms with Gasteiger partial charge >= 0.3 is 0 Å². The molecule has 1 aliphatic heterocycles. The fraction of sp³-hybridized carbons (Fsp3) is 0.381. The highest BCUT2D eigenvalue weighted by molar-refractivity contribution is 5.96. The van der Waals surface area contributed by atoms with Gasteiger partial charge < -0.3 is 15.2 Å². The number of hydrogen-bond donors (Lipinski definition) is 2. The van der Waals surface area contributed by atoms with Gasteiger partial charge in [0.05, 0.1) is 5.56 Å². The summed E-state index contributed by atoms with van der Waals surface area (Å²) in [5.74, 6) is 0.00292. The highest BCUT2D eigenvalue weighted by atomic mass is 16.1. The van der Waals surface area contributed by atoms with Gasteiger partial charge in [-0.15, -0.1) is 0 Å². The summed E-state index contributed by atoms with van der Waals surface area (Å²) >= 11 is 0. The number of aryl methyl sites for hydroxylation is 3. The summed E-state index contributed by atoms with van der Waals surface area (Å²) in [6.45, 7) is 10.8. The molecule has 4 nitrogen and oxygen atoms in total. The second-order valence-electron chi connectivity index (χ2n) is 6.97. The quantitative estimate of drug-likeness (QED) is 0.841. The fourth-order valence-corrected chi connectivity index (χ4v) is 3.59. The maximum Gasteiger partial charge on any atom is 0.253 e. The van der Waals surface area contributed by atoms with Crippen LogP contribution in [0.4, 0.5) is 0 Å². The lowest BCUT2D eigenvalue weighted by Gasteiger charge is -2.15. The van der Waals surface area contributed by atoms with E-state index in [1.54, 1.807) is 0 Å². The lowest BCUT2D eigenvalue weighted by Crippen LogP contribution is -2.29. The van der Waals surface area contributed by atoms with Crippen molar-refractivity contribution >= 4 is 5.91 Å². The van der Waals surface area contributed by atoms with Crippen LogP contribution in [0.15, 0.2) is 35.9 Å². The smallest absolute Gasteiger partial charge is 0.253 e. The molecule has 0 aliphatic carbocycles. The van der Waals surface area contributed by atoms with Crippen molar-refractivity contribution in [1.29, 1.82) is 0 Å². The standard InChI is InChI=1S/C21H27N3O/c1-14-9-15(2)11-19(10-14)24-16(3)12-20(17(24)4)21(25)23-13-18-5-7-22-8-6-18/h5,9-12,22H,6-8,13H2,1-4H3,(H,23,25). The van der Waals surface area contributed by atoms with Gasteiger partial charge in [-0.25, -0.2) is 0 Å². The first-order valence-corrected chi connectivity index (χ1v) is 8.90. The van der Waals surface area contributed by atoms with E-state index in [1.165, 1.54) is 16.7 Å². The maximum absolute atomic E-state index is 12.7. The first kappa shape index (κ1) is 17.5. The topological polar surface area (TPSA) is 46.1 Å². The Morgan fingerprint density at radius 2 is 1.84 bits per heavy atom. The molecule has 1 amide bonds. The first-order chi connectivity index (χ1) is 12.0. The predicted octanol–water partition coefficient (Wildman–Crippen LogP) is 3.36. The van der Waals surface area contributed by atoms with Gasteiger partial charge in [-0.1, -0.05) is 17.7 Å². The Balaban J connectivity index is 1.83. The molecule has 3 rings (SSSR count). The SMILES string of the molecule is Cc1cc(C)cc(-n2c(C)cc(C(=O)NCC3=CCNCC3)c2C)c1. The third-order valence-electron chi connectivity index (χ3n) is 4.77. The zero-order chi connectivity index (χ0) is 18.0. The Kier molecular flexibility index (Phi) is 5.09. The minimum absolute atomic E-state index is 0.00292. The summed E-state index contributed by atoms with van der Waals surface area (Å²) in [5.41, 5.74) is 7.69. The Morgan fingerprint density at radius 1 is 1.12 bits per heavy atom. The Bertz CT molecular complexity index is 810. The molecule has 1 aliphatic rings. The molecule has 0 saturated heterocycles. The molecule has 0 bridgehead atoms. The lowest BCUT2D eigenvalue weighted by atomic mass is 10.1. The molecule has 0 radical (unpaired) electrons. The molecule has 1 aromatic heterocycles. The molecule has 0 fully saturated rings. The summed E-state index contributed by atoms with van der Waals surface area (Å²) in [6, 6.07) is 8.47. The zero-order valence-corrected chi connectivity index (χ0v) is 15.6. The van der Waals surface area contributed by atoms with Crippen LogP contribution in [0.5, 0.6) is 0 Å². The van der Waals surface area contributed by atoms with Gasteiger partial charge in [0.1, 0.15) is 0 Å². The number of rotatable bonds is 4. The van der Waals surface area contributed by atoms with E-state index in [1.807, 2.05) is 13.0 Å². The largest absolute Gasteiger partial charge is 0.348 e. The average Bonchev–Trinajstić information content (AvgIpc) is 2.87. The monoisotopic (exact) mass is 337 g/mol. The normalized spacial score (nSPS) is 14.3. The van der Waals surface area contributed by atoms with Crippen LogP contribution in [-0.4, -0.2) is 30.1 Å². The second kappa shape index (κ2) is 7.28. The van der Waals surface area contributed by atoms with Gasteiger partial charge in [-0.05, 0) is 70.0 Å². The van der Waals surface area contributed by atoms with Gasteiger partial charge in [-0.3, -0.25) is 4.79 Å². The molecule has 0 unspecified atom stereocenters. The second-order valence-corrected chi connectivity index (χ2v) is 6.97. The van der Waals surface area contributed by atoms with Crippen LogP contribution in [0, 0.1) is 27.7 Å². The molecule has 2 N–H and O–H groups in total. The number of nitrogens with one attached hydrogen (secondary N) is 2. The first-order valence-electron chi connectivity index (χ1n) is 8.90. The van der Waals surface area contributed by atoms with Crippen molar-refractivity contribution in [3.8, 4) is 5.69 Å². The Hall–Kier alpha value is -2.33. The molecule has 2 aromatic rings. The molecule has 2 heterocycles. The van der Waals surface area contributed by atoms with Crippen LogP contribution in [-0.2, 0) is 0 Å². The zero-order valence-electron chi connectivity index (χ0n) is 15.6. The number of hydrogen-bond acceptors (Lipinski definition) is 2. The molecule has 25 heavy (non-hydrogen) atoms. The number of aromatic nitrogens is 1. The van der Waals surface area contributed by atoms with Crippen LogP contribution in [0.2, 0.25) is 0 Å². The van der Waals surface area contributed by atoms with E-state index in [0.717, 1.165) is 42.1 Å². The van der Waals surface area contributed by atoms with Crippen LogP contribution >= 0.6 is 0 Å². The number of amides is 1. The summed E-state index contributed by atoms with van der Waals surface area (Å²) in [4.78, 5) is 12.7. The highest BCUT2D eigenvalue weighted by Crippen LogP contribution is 2.22. The van der Waals surface area contributed by atoms with Gasteiger partial charge in [0.2, 0.25) is 0 Å². The number of benzene rings is 1. The van der Waals surface area contributed by atoms with Crippen molar-refractivity contribution in [1.82, 2.24) is 15.2 Å². The van der Waals surface area contributed by atoms with E-state index in [2.05, 4.69) is 60.2 Å². The van der Waals surface area contributed by atoms with Gasteiger partial charge in [-0.2, -0.15) is 0 Å². The van der Waals surface area contributed by atoms with Crippen LogP contribution in [0.3, 0.4) is 0 Å². The molecule has 1 aromatic carbocycles. The third-order valence-corrected chi connectivity index (χ3v) is 4.77. The minimum atomic E-state index is 0.00292. The third kappa shape index (κ3) is 3.85. The Morgan fingerprint density at radius 3 is 2.48 bits per heavy atom. The number of carbonyl (C=O) groups excluding carboxylic acids is 1. The molecular formula is C21H27N3O. The van der Waals surface area contributed by atoms with E-state index in [0.29, 0.717) is 6.54 Å². The summed E-state index contributed by atoms with van der Waals surface area (Å²) in [7, 11) is 0. The summed E-state index contributed by atoms with van der Waals surface area (Å²) < 4.78 is 2.17. The minimum Gasteiger partial charge on any atom is -0.348 e. The van der Waals surface area contributed by atoms with E-state index in [-0.39, 0.29) is 5.91 Å². The molecular weight excluding hydrogens is 310 g/mol. The molecule has 0 spiro atoms. The molecule has 0 atom stereocenters. The molecule has 4 heteroatoms. The van der Waals surface area contributed by atoms with Gasteiger partial charge in [0.15, 0.2) is 0 Å². The van der Waals surface area contributed by atoms with Gasteiger partial charge in [0, 0.05) is 30.2 Å². The van der Waals surface area contributed by atoms with Crippen molar-refractivity contribution in [3.63, 3.8) is 0 Å². The molecule has 0 saturated carbocycles. The van der Waals surface area contributed by atoms with Crippen molar-refractivity contribution < 1.29 is 4.79 Å². The van der Waals surface area contributed by atoms with E-state index >= 15 is 0 Å². The fourth-order valence-electron chi connectivity index (χ4n) is 3.59. The summed E-state index contributed by atoms with van der Waals surface area (Å²) in [6.07, 6.45) is 3.17. The predicted molar refractivity (Wildman–Crippen MR) is 103 cm³/mol.